The van der Waals surface area contributed by atoms with Gasteiger partial charge in [-0.2, -0.15) is 0 Å². The van der Waals surface area contributed by atoms with Crippen molar-refractivity contribution < 1.29 is 9.18 Å². The smallest absolute Gasteiger partial charge is 0.257 e. The van der Waals surface area contributed by atoms with Gasteiger partial charge in [-0.15, -0.1) is 0 Å². The Hall–Kier alpha value is -2.56. The molecule has 0 bridgehead atoms. The normalized spacial score (nSPS) is 10.3. The van der Waals surface area contributed by atoms with E-state index in [-0.39, 0.29) is 17.2 Å². The zero-order valence-electron chi connectivity index (χ0n) is 12.3. The molecule has 0 atom stereocenters. The van der Waals surface area contributed by atoms with E-state index < -0.39 is 5.82 Å². The number of anilines is 3. The summed E-state index contributed by atoms with van der Waals surface area (Å²) in [4.78, 5) is 14.2. The van der Waals surface area contributed by atoms with E-state index in [9.17, 15) is 9.18 Å². The lowest BCUT2D eigenvalue weighted by Gasteiger charge is -2.16. The van der Waals surface area contributed by atoms with Gasteiger partial charge in [-0.25, -0.2) is 4.39 Å². The van der Waals surface area contributed by atoms with E-state index in [2.05, 4.69) is 5.32 Å². The molecule has 0 aliphatic heterocycles. The first kappa shape index (κ1) is 14.8. The standard InChI is InChI=1S/C16H18FN3O/c1-10-8-12(20(2)3)5-7-15(10)19-16(21)13-6-4-11(17)9-14(13)18/h4-9H,18H2,1-3H3,(H,19,21). The quantitative estimate of drug-likeness (QED) is 0.853. The highest BCUT2D eigenvalue weighted by Gasteiger charge is 2.12. The summed E-state index contributed by atoms with van der Waals surface area (Å²) in [6, 6.07) is 9.45. The third-order valence-electron chi connectivity index (χ3n) is 3.23. The van der Waals surface area contributed by atoms with Crippen molar-refractivity contribution in [1.29, 1.82) is 0 Å². The van der Waals surface area contributed by atoms with Crippen molar-refractivity contribution >= 4 is 23.0 Å². The molecule has 0 aliphatic carbocycles. The molecule has 0 saturated heterocycles. The molecule has 0 heterocycles. The lowest BCUT2D eigenvalue weighted by atomic mass is 10.1. The number of halogens is 1. The van der Waals surface area contributed by atoms with Crippen molar-refractivity contribution in [2.24, 2.45) is 0 Å². The second-order valence-corrected chi connectivity index (χ2v) is 5.08. The SMILES string of the molecule is Cc1cc(N(C)C)ccc1NC(=O)c1ccc(F)cc1N. The Bertz CT molecular complexity index is 683. The number of nitrogen functional groups attached to an aromatic ring is 1. The van der Waals surface area contributed by atoms with E-state index in [0.29, 0.717) is 5.69 Å². The fourth-order valence-corrected chi connectivity index (χ4v) is 2.00. The average Bonchev–Trinajstić information content (AvgIpc) is 2.40. The lowest BCUT2D eigenvalue weighted by molar-refractivity contribution is 0.102. The predicted octanol–water partition coefficient (Wildman–Crippen LogP) is 3.03. The van der Waals surface area contributed by atoms with E-state index >= 15 is 0 Å². The van der Waals surface area contributed by atoms with Crippen LogP contribution in [0.1, 0.15) is 15.9 Å². The van der Waals surface area contributed by atoms with E-state index in [1.165, 1.54) is 12.1 Å². The first-order chi connectivity index (χ1) is 9.88. The summed E-state index contributed by atoms with van der Waals surface area (Å²) in [5, 5.41) is 2.79. The molecule has 2 aromatic rings. The Balaban J connectivity index is 2.23. The first-order valence-corrected chi connectivity index (χ1v) is 6.53. The van der Waals surface area contributed by atoms with Gasteiger partial charge in [0, 0.05) is 31.2 Å². The molecule has 1 amide bonds. The van der Waals surface area contributed by atoms with Crippen LogP contribution in [0.5, 0.6) is 0 Å². The number of hydrogen-bond acceptors (Lipinski definition) is 3. The molecule has 21 heavy (non-hydrogen) atoms. The van der Waals surface area contributed by atoms with E-state index in [4.69, 9.17) is 5.73 Å². The molecule has 3 N–H and O–H groups in total. The topological polar surface area (TPSA) is 58.4 Å². The molecule has 5 heteroatoms. The summed E-state index contributed by atoms with van der Waals surface area (Å²) in [6.45, 7) is 1.91. The third kappa shape index (κ3) is 3.31. The molecule has 2 aromatic carbocycles. The maximum Gasteiger partial charge on any atom is 0.257 e. The monoisotopic (exact) mass is 287 g/mol. The zero-order chi connectivity index (χ0) is 15.6. The summed E-state index contributed by atoms with van der Waals surface area (Å²) >= 11 is 0. The maximum atomic E-state index is 13.0. The van der Waals surface area contributed by atoms with Gasteiger partial charge in [0.2, 0.25) is 0 Å². The average molecular weight is 287 g/mol. The van der Waals surface area contributed by atoms with E-state index in [1.54, 1.807) is 0 Å². The van der Waals surface area contributed by atoms with Gasteiger partial charge < -0.3 is 16.0 Å². The van der Waals surface area contributed by atoms with Gasteiger partial charge in [0.05, 0.1) is 5.56 Å². The van der Waals surface area contributed by atoms with Crippen LogP contribution in [0.2, 0.25) is 0 Å². The Kier molecular flexibility index (Phi) is 4.12. The van der Waals surface area contributed by atoms with Gasteiger partial charge in [0.25, 0.3) is 5.91 Å². The fourth-order valence-electron chi connectivity index (χ4n) is 2.00. The molecule has 0 unspecified atom stereocenters. The second kappa shape index (κ2) is 5.83. The molecule has 4 nitrogen and oxygen atoms in total. The number of nitrogens with two attached hydrogens (primary N) is 1. The molecule has 110 valence electrons. The van der Waals surface area contributed by atoms with Gasteiger partial charge >= 0.3 is 0 Å². The van der Waals surface area contributed by atoms with Crippen molar-refractivity contribution in [3.63, 3.8) is 0 Å². The summed E-state index contributed by atoms with van der Waals surface area (Å²) in [5.74, 6) is -0.816. The van der Waals surface area contributed by atoms with Gasteiger partial charge in [-0.05, 0) is 48.9 Å². The Morgan fingerprint density at radius 2 is 1.90 bits per heavy atom. The Morgan fingerprint density at radius 3 is 2.48 bits per heavy atom. The van der Waals surface area contributed by atoms with Gasteiger partial charge in [0.1, 0.15) is 5.82 Å². The number of hydrogen-bond donors (Lipinski definition) is 2. The van der Waals surface area contributed by atoms with Crippen molar-refractivity contribution in [2.75, 3.05) is 30.0 Å². The van der Waals surface area contributed by atoms with Crippen molar-refractivity contribution in [3.05, 3.63) is 53.3 Å². The summed E-state index contributed by atoms with van der Waals surface area (Å²) in [5.41, 5.74) is 8.74. The minimum absolute atomic E-state index is 0.120. The highest BCUT2D eigenvalue weighted by Crippen LogP contribution is 2.23. The maximum absolute atomic E-state index is 13.0. The van der Waals surface area contributed by atoms with Gasteiger partial charge in [-0.3, -0.25) is 4.79 Å². The summed E-state index contributed by atoms with van der Waals surface area (Å²) in [6.07, 6.45) is 0. The van der Waals surface area contributed by atoms with Crippen LogP contribution in [-0.2, 0) is 0 Å². The van der Waals surface area contributed by atoms with Crippen LogP contribution >= 0.6 is 0 Å². The molecule has 0 radical (unpaired) electrons. The van der Waals surface area contributed by atoms with Gasteiger partial charge in [-0.1, -0.05) is 0 Å². The summed E-state index contributed by atoms with van der Waals surface area (Å²) in [7, 11) is 3.90. The van der Waals surface area contributed by atoms with Crippen LogP contribution in [-0.4, -0.2) is 20.0 Å². The molecular formula is C16H18FN3O. The Morgan fingerprint density at radius 1 is 1.19 bits per heavy atom. The largest absolute Gasteiger partial charge is 0.398 e. The number of amides is 1. The number of nitrogens with zero attached hydrogens (tertiary/aromatic N) is 1. The molecule has 0 aromatic heterocycles. The molecule has 0 fully saturated rings. The molecule has 0 saturated carbocycles. The first-order valence-electron chi connectivity index (χ1n) is 6.53. The number of rotatable bonds is 3. The fraction of sp³-hybridized carbons (Fsp3) is 0.188. The van der Waals surface area contributed by atoms with Crippen molar-refractivity contribution in [2.45, 2.75) is 6.92 Å². The van der Waals surface area contributed by atoms with Crippen LogP contribution in [0.25, 0.3) is 0 Å². The molecule has 0 aliphatic rings. The van der Waals surface area contributed by atoms with Crippen LogP contribution in [0.4, 0.5) is 21.5 Å². The molecule has 0 spiro atoms. The Labute approximate surface area is 123 Å². The van der Waals surface area contributed by atoms with Crippen molar-refractivity contribution in [3.8, 4) is 0 Å². The number of aryl methyl sites for hydroxylation is 1. The number of nitrogens with one attached hydrogen (secondary N) is 1. The molecular weight excluding hydrogens is 269 g/mol. The van der Waals surface area contributed by atoms with Crippen LogP contribution in [0.3, 0.4) is 0 Å². The third-order valence-corrected chi connectivity index (χ3v) is 3.23. The lowest BCUT2D eigenvalue weighted by Crippen LogP contribution is -2.15. The highest BCUT2D eigenvalue weighted by molar-refractivity contribution is 6.08. The second-order valence-electron chi connectivity index (χ2n) is 5.08. The van der Waals surface area contributed by atoms with Crippen LogP contribution in [0.15, 0.2) is 36.4 Å². The van der Waals surface area contributed by atoms with Crippen molar-refractivity contribution in [1.82, 2.24) is 0 Å². The predicted molar refractivity (Wildman–Crippen MR) is 84.3 cm³/mol. The van der Waals surface area contributed by atoms with Gasteiger partial charge in [0.15, 0.2) is 0 Å². The summed E-state index contributed by atoms with van der Waals surface area (Å²) < 4.78 is 13.0. The number of carbonyl (C=O) groups is 1. The number of benzene rings is 2. The number of carbonyl (C=O) groups excluding carboxylic acids is 1. The minimum Gasteiger partial charge on any atom is -0.398 e. The molecule has 2 rings (SSSR count). The van der Waals surface area contributed by atoms with E-state index in [0.717, 1.165) is 17.3 Å². The van der Waals surface area contributed by atoms with E-state index in [1.807, 2.05) is 44.1 Å². The highest BCUT2D eigenvalue weighted by atomic mass is 19.1. The zero-order valence-corrected chi connectivity index (χ0v) is 12.3. The van der Waals surface area contributed by atoms with Crippen LogP contribution in [0, 0.1) is 12.7 Å². The minimum atomic E-state index is -0.462. The van der Waals surface area contributed by atoms with Crippen LogP contribution < -0.4 is 16.0 Å².